The number of sulfonamides is 1. The zero-order valence-corrected chi connectivity index (χ0v) is 23.4. The van der Waals surface area contributed by atoms with Gasteiger partial charge in [-0.15, -0.1) is 0 Å². The van der Waals surface area contributed by atoms with Gasteiger partial charge in [0.15, 0.2) is 0 Å². The second-order valence-electron chi connectivity index (χ2n) is 9.37. The Morgan fingerprint density at radius 2 is 1.46 bits per heavy atom. The number of carbonyl (C=O) groups excluding carboxylic acids is 2. The van der Waals surface area contributed by atoms with Gasteiger partial charge in [0.25, 0.3) is 10.0 Å². The molecular weight excluding hydrogens is 517 g/mol. The third-order valence-corrected chi connectivity index (χ3v) is 8.38. The first-order valence-electron chi connectivity index (χ1n) is 13.1. The van der Waals surface area contributed by atoms with Crippen LogP contribution in [0.25, 0.3) is 0 Å². The lowest BCUT2D eigenvalue weighted by Gasteiger charge is -2.33. The molecule has 3 aromatic carbocycles. The highest BCUT2D eigenvalue weighted by Crippen LogP contribution is 2.24. The van der Waals surface area contributed by atoms with Crippen LogP contribution in [0, 0.1) is 5.82 Å². The van der Waals surface area contributed by atoms with Gasteiger partial charge < -0.3 is 10.2 Å². The summed E-state index contributed by atoms with van der Waals surface area (Å²) in [5.74, 6) is -1.34. The molecule has 0 radical (unpaired) electrons. The van der Waals surface area contributed by atoms with Crippen molar-refractivity contribution in [1.82, 2.24) is 10.2 Å². The third-order valence-electron chi connectivity index (χ3n) is 6.60. The molecule has 2 amide bonds. The number of amides is 2. The average Bonchev–Trinajstić information content (AvgIpc) is 2.95. The molecule has 9 heteroatoms. The average molecular weight is 554 g/mol. The summed E-state index contributed by atoms with van der Waals surface area (Å²) in [6.07, 6.45) is 1.57. The van der Waals surface area contributed by atoms with E-state index >= 15 is 0 Å². The van der Waals surface area contributed by atoms with Crippen LogP contribution in [0.4, 0.5) is 10.1 Å². The lowest BCUT2D eigenvalue weighted by molar-refractivity contribution is -0.139. The first kappa shape index (κ1) is 29.8. The van der Waals surface area contributed by atoms with Crippen molar-refractivity contribution >= 4 is 27.5 Å². The Kier molecular flexibility index (Phi) is 10.6. The molecule has 0 saturated carbocycles. The monoisotopic (exact) mass is 553 g/mol. The van der Waals surface area contributed by atoms with Gasteiger partial charge in [-0.2, -0.15) is 0 Å². The van der Waals surface area contributed by atoms with Crippen molar-refractivity contribution in [2.75, 3.05) is 17.4 Å². The first-order valence-corrected chi connectivity index (χ1v) is 14.6. The van der Waals surface area contributed by atoms with Crippen LogP contribution in [0.3, 0.4) is 0 Å². The van der Waals surface area contributed by atoms with E-state index < -0.39 is 34.3 Å². The maximum absolute atomic E-state index is 13.9. The van der Waals surface area contributed by atoms with Crippen molar-refractivity contribution in [3.8, 4) is 0 Å². The zero-order valence-electron chi connectivity index (χ0n) is 22.6. The smallest absolute Gasteiger partial charge is 0.264 e. The number of nitrogens with zero attached hydrogens (tertiary/aromatic N) is 2. The quantitative estimate of drug-likeness (QED) is 0.330. The first-order chi connectivity index (χ1) is 18.7. The summed E-state index contributed by atoms with van der Waals surface area (Å²) in [7, 11) is -4.18. The van der Waals surface area contributed by atoms with Crippen molar-refractivity contribution in [2.24, 2.45) is 0 Å². The van der Waals surface area contributed by atoms with E-state index in [0.717, 1.165) is 28.4 Å². The van der Waals surface area contributed by atoms with Crippen LogP contribution in [0.2, 0.25) is 0 Å². The Balaban J connectivity index is 1.99. The lowest BCUT2D eigenvalue weighted by atomic mass is 10.1. The van der Waals surface area contributed by atoms with E-state index in [4.69, 9.17) is 0 Å². The Bertz CT molecular complexity index is 1320. The number of nitrogens with one attached hydrogen (secondary N) is 1. The van der Waals surface area contributed by atoms with E-state index in [9.17, 15) is 22.4 Å². The van der Waals surface area contributed by atoms with E-state index in [2.05, 4.69) is 5.32 Å². The molecule has 0 aliphatic rings. The number of benzene rings is 3. The van der Waals surface area contributed by atoms with Gasteiger partial charge >= 0.3 is 0 Å². The summed E-state index contributed by atoms with van der Waals surface area (Å²) in [6.45, 7) is 5.34. The fourth-order valence-electron chi connectivity index (χ4n) is 4.19. The Morgan fingerprint density at radius 1 is 0.872 bits per heavy atom. The van der Waals surface area contributed by atoms with Gasteiger partial charge in [0, 0.05) is 12.6 Å². The number of hydrogen-bond acceptors (Lipinski definition) is 4. The molecule has 0 spiro atoms. The zero-order chi connectivity index (χ0) is 28.4. The Morgan fingerprint density at radius 3 is 2.03 bits per heavy atom. The summed E-state index contributed by atoms with van der Waals surface area (Å²) >= 11 is 0. The molecule has 2 atom stereocenters. The van der Waals surface area contributed by atoms with Gasteiger partial charge in [0.1, 0.15) is 18.4 Å². The summed E-state index contributed by atoms with van der Waals surface area (Å²) in [6, 6.07) is 21.4. The number of halogens is 1. The molecular formula is C30H36FN3O4S. The number of anilines is 1. The van der Waals surface area contributed by atoms with Crippen molar-refractivity contribution in [1.29, 1.82) is 0 Å². The SMILES string of the molecule is CC[C@H](C(=O)N[C@@H](C)CC)N(CCc1ccccc1)C(=O)CN(c1ccc(F)cc1)S(=O)(=O)c1ccccc1. The summed E-state index contributed by atoms with van der Waals surface area (Å²) in [5.41, 5.74) is 1.13. The largest absolute Gasteiger partial charge is 0.352 e. The van der Waals surface area contributed by atoms with Gasteiger partial charge in [0.05, 0.1) is 10.6 Å². The van der Waals surface area contributed by atoms with Crippen LogP contribution in [0.15, 0.2) is 89.8 Å². The normalized spacial score (nSPS) is 12.8. The molecule has 0 saturated heterocycles. The van der Waals surface area contributed by atoms with E-state index in [-0.39, 0.29) is 29.1 Å². The highest BCUT2D eigenvalue weighted by atomic mass is 32.2. The predicted octanol–water partition coefficient (Wildman–Crippen LogP) is 4.79. The maximum Gasteiger partial charge on any atom is 0.264 e. The molecule has 0 bridgehead atoms. The third kappa shape index (κ3) is 7.89. The fraction of sp³-hybridized carbons (Fsp3) is 0.333. The minimum absolute atomic E-state index is 0.000448. The standard InChI is InChI=1S/C30H36FN3O4S/c1-4-23(3)32-30(36)28(5-2)33(21-20-24-12-8-6-9-13-24)29(35)22-34(26-18-16-25(31)17-19-26)39(37,38)27-14-10-7-11-15-27/h6-19,23,28H,4-5,20-22H2,1-3H3,(H,32,36)/t23-,28+/m0/s1. The van der Waals surface area contributed by atoms with E-state index in [1.165, 1.54) is 29.2 Å². The molecule has 7 nitrogen and oxygen atoms in total. The molecule has 3 aromatic rings. The molecule has 0 aliphatic carbocycles. The second-order valence-corrected chi connectivity index (χ2v) is 11.2. The van der Waals surface area contributed by atoms with E-state index in [1.807, 2.05) is 51.1 Å². The molecule has 0 fully saturated rings. The highest BCUT2D eigenvalue weighted by molar-refractivity contribution is 7.92. The van der Waals surface area contributed by atoms with Crippen molar-refractivity contribution < 1.29 is 22.4 Å². The topological polar surface area (TPSA) is 86.8 Å². The van der Waals surface area contributed by atoms with Crippen LogP contribution in [0.5, 0.6) is 0 Å². The Hall–Kier alpha value is -3.72. The van der Waals surface area contributed by atoms with Crippen LogP contribution in [-0.2, 0) is 26.0 Å². The molecule has 39 heavy (non-hydrogen) atoms. The van der Waals surface area contributed by atoms with Crippen molar-refractivity contribution in [3.05, 3.63) is 96.3 Å². The molecule has 1 N–H and O–H groups in total. The van der Waals surface area contributed by atoms with Gasteiger partial charge in [-0.25, -0.2) is 12.8 Å². The van der Waals surface area contributed by atoms with E-state index in [0.29, 0.717) is 12.8 Å². The molecule has 0 aliphatic heterocycles. The number of hydrogen-bond donors (Lipinski definition) is 1. The van der Waals surface area contributed by atoms with Gasteiger partial charge in [-0.3, -0.25) is 13.9 Å². The maximum atomic E-state index is 13.9. The van der Waals surface area contributed by atoms with Gasteiger partial charge in [-0.05, 0) is 68.1 Å². The Labute approximate surface area is 230 Å². The minimum Gasteiger partial charge on any atom is -0.352 e. The minimum atomic E-state index is -4.18. The lowest BCUT2D eigenvalue weighted by Crippen LogP contribution is -2.54. The highest BCUT2D eigenvalue weighted by Gasteiger charge is 2.33. The predicted molar refractivity (Wildman–Crippen MR) is 151 cm³/mol. The fourth-order valence-corrected chi connectivity index (χ4v) is 5.63. The van der Waals surface area contributed by atoms with Crippen molar-refractivity contribution in [2.45, 2.75) is 57.0 Å². The summed E-state index contributed by atoms with van der Waals surface area (Å²) < 4.78 is 42.1. The second kappa shape index (κ2) is 13.9. The molecule has 0 aromatic heterocycles. The molecule has 0 heterocycles. The van der Waals surface area contributed by atoms with Crippen LogP contribution in [0.1, 0.15) is 39.2 Å². The van der Waals surface area contributed by atoms with E-state index in [1.54, 1.807) is 18.2 Å². The molecule has 208 valence electrons. The van der Waals surface area contributed by atoms with Crippen LogP contribution in [-0.4, -0.2) is 50.3 Å². The van der Waals surface area contributed by atoms with Gasteiger partial charge in [-0.1, -0.05) is 62.4 Å². The van der Waals surface area contributed by atoms with Crippen LogP contribution >= 0.6 is 0 Å². The molecule has 0 unspecified atom stereocenters. The van der Waals surface area contributed by atoms with Crippen molar-refractivity contribution in [3.63, 3.8) is 0 Å². The summed E-state index contributed by atoms with van der Waals surface area (Å²) in [4.78, 5) is 28.6. The van der Waals surface area contributed by atoms with Crippen LogP contribution < -0.4 is 9.62 Å². The number of carbonyl (C=O) groups is 2. The summed E-state index contributed by atoms with van der Waals surface area (Å²) in [5, 5.41) is 2.96. The number of rotatable bonds is 13. The van der Waals surface area contributed by atoms with Gasteiger partial charge in [0.2, 0.25) is 11.8 Å². The molecule has 3 rings (SSSR count).